The second kappa shape index (κ2) is 4.52. The summed E-state index contributed by atoms with van der Waals surface area (Å²) in [6.45, 7) is 0. The van der Waals surface area contributed by atoms with Gasteiger partial charge in [0.15, 0.2) is 0 Å². The third-order valence-corrected chi connectivity index (χ3v) is 5.14. The molecule has 3 nitrogen and oxygen atoms in total. The molecule has 0 aromatic heterocycles. The molecule has 0 aromatic rings. The molecule has 3 unspecified atom stereocenters. The lowest BCUT2D eigenvalue weighted by molar-refractivity contribution is -0.135. The van der Waals surface area contributed by atoms with E-state index < -0.39 is 0 Å². The second-order valence-electron chi connectivity index (χ2n) is 6.05. The maximum absolute atomic E-state index is 12.1. The summed E-state index contributed by atoms with van der Waals surface area (Å²) in [4.78, 5) is 25.0. The first-order chi connectivity index (χ1) is 8.68. The topological polar surface area (TPSA) is 37.4 Å². The zero-order chi connectivity index (χ0) is 12.7. The summed E-state index contributed by atoms with van der Waals surface area (Å²) in [5.41, 5.74) is 0.805. The molecule has 0 saturated heterocycles. The maximum atomic E-state index is 12.1. The molecule has 3 aliphatic rings. The molecular weight excluding hydrogens is 226 g/mol. The van der Waals surface area contributed by atoms with Gasteiger partial charge in [0.25, 0.3) is 11.8 Å². The predicted octanol–water partition coefficient (Wildman–Crippen LogP) is 2.52. The van der Waals surface area contributed by atoms with Crippen molar-refractivity contribution in [2.45, 2.75) is 44.9 Å². The maximum Gasteiger partial charge on any atom is 0.256 e. The van der Waals surface area contributed by atoms with Gasteiger partial charge in [-0.05, 0) is 30.6 Å². The molecule has 18 heavy (non-hydrogen) atoms. The van der Waals surface area contributed by atoms with Crippen LogP contribution in [-0.4, -0.2) is 23.8 Å². The summed E-state index contributed by atoms with van der Waals surface area (Å²) in [7, 11) is 1.59. The molecule has 3 rings (SSSR count). The molecule has 0 spiro atoms. The standard InChI is InChI=1S/C15H21NO2/c1-16-14(17)9-13(15(16)18)12-8-4-6-10-5-2-3-7-11(10)12/h9-12H,2-8H2,1H3. The van der Waals surface area contributed by atoms with E-state index in [1.807, 2.05) is 0 Å². The fourth-order valence-corrected chi connectivity index (χ4v) is 4.18. The van der Waals surface area contributed by atoms with Crippen molar-refractivity contribution >= 4 is 11.8 Å². The number of hydrogen-bond acceptors (Lipinski definition) is 2. The molecule has 3 heteroatoms. The van der Waals surface area contributed by atoms with Crippen LogP contribution in [0.25, 0.3) is 0 Å². The SMILES string of the molecule is CN1C(=O)C=C(C2CCCC3CCCCC32)C1=O. The van der Waals surface area contributed by atoms with Gasteiger partial charge in [-0.2, -0.15) is 0 Å². The smallest absolute Gasteiger partial charge is 0.256 e. The first-order valence-corrected chi connectivity index (χ1v) is 7.22. The molecule has 0 bridgehead atoms. The van der Waals surface area contributed by atoms with E-state index >= 15 is 0 Å². The molecule has 2 aliphatic carbocycles. The van der Waals surface area contributed by atoms with Crippen LogP contribution >= 0.6 is 0 Å². The molecule has 98 valence electrons. The summed E-state index contributed by atoms with van der Waals surface area (Å²) in [6.07, 6.45) is 10.5. The highest BCUT2D eigenvalue weighted by atomic mass is 16.2. The number of rotatable bonds is 1. The van der Waals surface area contributed by atoms with E-state index in [9.17, 15) is 9.59 Å². The Hall–Kier alpha value is -1.12. The highest BCUT2D eigenvalue weighted by Crippen LogP contribution is 2.47. The Morgan fingerprint density at radius 3 is 2.50 bits per heavy atom. The molecule has 0 aromatic carbocycles. The van der Waals surface area contributed by atoms with Gasteiger partial charge >= 0.3 is 0 Å². The molecule has 0 radical (unpaired) electrons. The molecule has 2 amide bonds. The minimum Gasteiger partial charge on any atom is -0.278 e. The van der Waals surface area contributed by atoms with E-state index in [-0.39, 0.29) is 11.8 Å². The Bertz CT molecular complexity index is 411. The van der Waals surface area contributed by atoms with Crippen LogP contribution < -0.4 is 0 Å². The van der Waals surface area contributed by atoms with Crippen LogP contribution in [0.5, 0.6) is 0 Å². The number of imide groups is 1. The zero-order valence-electron chi connectivity index (χ0n) is 11.0. The van der Waals surface area contributed by atoms with Gasteiger partial charge in [-0.25, -0.2) is 0 Å². The van der Waals surface area contributed by atoms with Crippen molar-refractivity contribution in [3.8, 4) is 0 Å². The molecule has 2 saturated carbocycles. The molecule has 0 N–H and O–H groups in total. The monoisotopic (exact) mass is 247 g/mol. The van der Waals surface area contributed by atoms with Crippen molar-refractivity contribution in [3.05, 3.63) is 11.6 Å². The number of nitrogens with zero attached hydrogens (tertiary/aromatic N) is 1. The average Bonchev–Trinajstić information content (AvgIpc) is 2.66. The lowest BCUT2D eigenvalue weighted by Crippen LogP contribution is -2.35. The van der Waals surface area contributed by atoms with Gasteiger partial charge in [-0.15, -0.1) is 0 Å². The molecular formula is C15H21NO2. The van der Waals surface area contributed by atoms with E-state index in [2.05, 4.69) is 0 Å². The van der Waals surface area contributed by atoms with Gasteiger partial charge < -0.3 is 0 Å². The third-order valence-electron chi connectivity index (χ3n) is 5.14. The molecule has 2 fully saturated rings. The van der Waals surface area contributed by atoms with E-state index in [1.165, 1.54) is 43.4 Å². The van der Waals surface area contributed by atoms with E-state index in [4.69, 9.17) is 0 Å². The Kier molecular flexibility index (Phi) is 3.00. The van der Waals surface area contributed by atoms with Crippen molar-refractivity contribution in [3.63, 3.8) is 0 Å². The largest absolute Gasteiger partial charge is 0.278 e. The van der Waals surface area contributed by atoms with Crippen LogP contribution in [0.3, 0.4) is 0 Å². The molecule has 3 atom stereocenters. The lowest BCUT2D eigenvalue weighted by atomic mass is 9.63. The van der Waals surface area contributed by atoms with Crippen LogP contribution in [-0.2, 0) is 9.59 Å². The first-order valence-electron chi connectivity index (χ1n) is 7.22. The predicted molar refractivity (Wildman–Crippen MR) is 68.6 cm³/mol. The van der Waals surface area contributed by atoms with Crippen molar-refractivity contribution in [1.82, 2.24) is 4.90 Å². The normalized spacial score (nSPS) is 36.6. The van der Waals surface area contributed by atoms with Crippen molar-refractivity contribution < 1.29 is 9.59 Å². The first kappa shape index (κ1) is 11.9. The highest BCUT2D eigenvalue weighted by molar-refractivity contribution is 6.16. The number of likely N-dealkylation sites (N-methyl/N-ethyl adjacent to an activating group) is 1. The van der Waals surface area contributed by atoms with Crippen LogP contribution in [0.1, 0.15) is 44.9 Å². The minimum absolute atomic E-state index is 0.0452. The van der Waals surface area contributed by atoms with Gasteiger partial charge in [0.1, 0.15) is 0 Å². The molecule has 1 heterocycles. The summed E-state index contributed by atoms with van der Waals surface area (Å²) in [5.74, 6) is 1.63. The van der Waals surface area contributed by atoms with Gasteiger partial charge in [0.2, 0.25) is 0 Å². The van der Waals surface area contributed by atoms with Crippen LogP contribution in [0.4, 0.5) is 0 Å². The van der Waals surface area contributed by atoms with E-state index in [0.29, 0.717) is 11.8 Å². The second-order valence-corrected chi connectivity index (χ2v) is 6.05. The van der Waals surface area contributed by atoms with E-state index in [1.54, 1.807) is 13.1 Å². The summed E-state index contributed by atoms with van der Waals surface area (Å²) in [6, 6.07) is 0. The van der Waals surface area contributed by atoms with Gasteiger partial charge in [0.05, 0.1) is 0 Å². The van der Waals surface area contributed by atoms with Gasteiger partial charge in [0, 0.05) is 18.7 Å². The van der Waals surface area contributed by atoms with Crippen LogP contribution in [0.15, 0.2) is 11.6 Å². The number of hydrogen-bond donors (Lipinski definition) is 0. The summed E-state index contributed by atoms with van der Waals surface area (Å²) < 4.78 is 0. The summed E-state index contributed by atoms with van der Waals surface area (Å²) in [5, 5.41) is 0. The average molecular weight is 247 g/mol. The minimum atomic E-state index is -0.132. The number of carbonyl (C=O) groups excluding carboxylic acids is 2. The number of carbonyl (C=O) groups is 2. The van der Waals surface area contributed by atoms with Crippen LogP contribution in [0.2, 0.25) is 0 Å². The third kappa shape index (κ3) is 1.80. The van der Waals surface area contributed by atoms with Crippen molar-refractivity contribution in [2.75, 3.05) is 7.05 Å². The van der Waals surface area contributed by atoms with E-state index in [0.717, 1.165) is 17.9 Å². The number of amides is 2. The lowest BCUT2D eigenvalue weighted by Gasteiger charge is -2.41. The highest BCUT2D eigenvalue weighted by Gasteiger charge is 2.41. The van der Waals surface area contributed by atoms with Crippen molar-refractivity contribution in [2.24, 2.45) is 17.8 Å². The van der Waals surface area contributed by atoms with Crippen LogP contribution in [0, 0.1) is 17.8 Å². The Morgan fingerprint density at radius 2 is 1.78 bits per heavy atom. The molecule has 1 aliphatic heterocycles. The van der Waals surface area contributed by atoms with Gasteiger partial charge in [-0.3, -0.25) is 14.5 Å². The Labute approximate surface area is 108 Å². The zero-order valence-corrected chi connectivity index (χ0v) is 11.0. The Balaban J connectivity index is 1.85. The Morgan fingerprint density at radius 1 is 1.06 bits per heavy atom. The quantitative estimate of drug-likeness (QED) is 0.668. The fourth-order valence-electron chi connectivity index (χ4n) is 4.18. The van der Waals surface area contributed by atoms with Crippen molar-refractivity contribution in [1.29, 1.82) is 0 Å². The summed E-state index contributed by atoms with van der Waals surface area (Å²) >= 11 is 0. The number of fused-ring (bicyclic) bond motifs is 1. The fraction of sp³-hybridized carbons (Fsp3) is 0.733. The van der Waals surface area contributed by atoms with Gasteiger partial charge in [-0.1, -0.05) is 32.1 Å².